The maximum atomic E-state index is 14.5. The van der Waals surface area contributed by atoms with Crippen LogP contribution in [0.1, 0.15) is 129 Å². The van der Waals surface area contributed by atoms with E-state index in [-0.39, 0.29) is 19.6 Å². The first kappa shape index (κ1) is 63.6. The zero-order valence-corrected chi connectivity index (χ0v) is 54.9. The highest BCUT2D eigenvalue weighted by atomic mass is 31.2. The molecule has 2 fully saturated rings. The van der Waals surface area contributed by atoms with E-state index in [9.17, 15) is 9.59 Å². The molecule has 0 spiro atoms. The molecular formula is C80H76O10P2. The van der Waals surface area contributed by atoms with Crippen molar-refractivity contribution in [1.82, 2.24) is 0 Å². The predicted molar refractivity (Wildman–Crippen MR) is 363 cm³/mol. The smallest absolute Gasteiger partial charge is 0.400 e. The van der Waals surface area contributed by atoms with Crippen molar-refractivity contribution in [2.24, 2.45) is 0 Å². The molecule has 2 aliphatic heterocycles. The second-order valence-corrected chi connectivity index (χ2v) is 27.6. The van der Waals surface area contributed by atoms with Crippen LogP contribution >= 0.6 is 17.2 Å². The first-order valence-corrected chi connectivity index (χ1v) is 33.4. The molecule has 2 heterocycles. The largest absolute Gasteiger partial charge is 0.462 e. The fourth-order valence-electron chi connectivity index (χ4n) is 13.2. The number of hydrogen-bond acceptors (Lipinski definition) is 10. The summed E-state index contributed by atoms with van der Waals surface area (Å²) < 4.78 is 56.2. The van der Waals surface area contributed by atoms with Crippen LogP contribution in [0.15, 0.2) is 279 Å². The molecule has 10 aromatic rings. The maximum Gasteiger partial charge on any atom is 0.400 e. The van der Waals surface area contributed by atoms with Crippen molar-refractivity contribution in [3.8, 4) is 11.5 Å². The second-order valence-electron chi connectivity index (χ2n) is 25.6. The molecule has 10 aromatic carbocycles. The molecule has 12 heteroatoms. The summed E-state index contributed by atoms with van der Waals surface area (Å²) in [6.07, 6.45) is -0.0841. The molecule has 0 bridgehead atoms. The Balaban J connectivity index is 0.972. The van der Waals surface area contributed by atoms with Gasteiger partial charge in [-0.15, -0.1) is 0 Å². The topological polar surface area (TPSA) is 108 Å². The Morgan fingerprint density at radius 2 is 0.587 bits per heavy atom. The third-order valence-electron chi connectivity index (χ3n) is 17.6. The van der Waals surface area contributed by atoms with Gasteiger partial charge >= 0.3 is 29.1 Å². The van der Waals surface area contributed by atoms with Crippen LogP contribution in [0.4, 0.5) is 0 Å². The first-order chi connectivity index (χ1) is 44.4. The van der Waals surface area contributed by atoms with E-state index in [1.54, 1.807) is 0 Å². The van der Waals surface area contributed by atoms with Crippen molar-refractivity contribution in [3.63, 3.8) is 0 Å². The molecule has 10 nitrogen and oxygen atoms in total. The van der Waals surface area contributed by atoms with Crippen LogP contribution in [0.2, 0.25) is 0 Å². The van der Waals surface area contributed by atoms with Crippen LogP contribution in [0.3, 0.4) is 0 Å². The van der Waals surface area contributed by atoms with Gasteiger partial charge in [-0.05, 0) is 78.6 Å². The van der Waals surface area contributed by atoms with Gasteiger partial charge in [0.15, 0.2) is 22.4 Å². The van der Waals surface area contributed by atoms with Gasteiger partial charge in [0.05, 0.1) is 6.42 Å². The SMILES string of the molecule is CC(=O)OCCOC(=O)CC(C)(c1ccc(OP2OC(c3ccccc3)(c3ccccc3)C(c3ccccc3)(c3ccccc3)O2)c(C(C)(C)C)c1)c1ccc(OP2OC(c3ccccc3)(c3ccccc3)C(c3ccccc3)(c3ccccc3)O2)c(C(C)(C)C)c1. The van der Waals surface area contributed by atoms with E-state index in [1.165, 1.54) is 6.92 Å². The Bertz CT molecular complexity index is 3540. The van der Waals surface area contributed by atoms with E-state index in [2.05, 4.69) is 158 Å². The van der Waals surface area contributed by atoms with Crippen molar-refractivity contribution >= 4 is 29.1 Å². The van der Waals surface area contributed by atoms with Crippen LogP contribution in [0, 0.1) is 0 Å². The van der Waals surface area contributed by atoms with Crippen LogP contribution in [0.5, 0.6) is 11.5 Å². The van der Waals surface area contributed by atoms with Crippen molar-refractivity contribution in [1.29, 1.82) is 0 Å². The minimum absolute atomic E-state index is 0.0736. The summed E-state index contributed by atoms with van der Waals surface area (Å²) in [5, 5.41) is 0. The number of carbonyl (C=O) groups is 2. The highest BCUT2D eigenvalue weighted by Gasteiger charge is 2.68. The fourth-order valence-corrected chi connectivity index (χ4v) is 16.3. The summed E-state index contributed by atoms with van der Waals surface area (Å²) in [6.45, 7) is 16.1. The quantitative estimate of drug-likeness (QED) is 0.0441. The lowest BCUT2D eigenvalue weighted by molar-refractivity contribution is -0.151. The summed E-state index contributed by atoms with van der Waals surface area (Å²) in [6, 6.07) is 94.4. The molecule has 0 amide bonds. The predicted octanol–water partition coefficient (Wildman–Crippen LogP) is 19.2. The van der Waals surface area contributed by atoms with Crippen molar-refractivity contribution in [2.45, 2.75) is 100 Å². The standard InChI is InChI=1S/C80H76O10P2/c1-58(81)83-53-54-84-73(82)57-76(8,67-49-51-71(69(55-67)74(2,3)4)85-91-87-77(59-33-17-9-18-34-59,60-35-19-10-20-36-60)78(88-91,61-37-21-11-22-38-61)62-39-23-12-24-40-62)68-50-52-72(70(56-68)75(5,6)7)86-92-89-79(63-41-25-13-26-42-63,64-43-27-14-28-44-64)80(90-92,65-45-29-15-30-46-65)66-47-31-16-32-48-66/h9-52,55-56H,53-54,57H2,1-8H3. The van der Waals surface area contributed by atoms with E-state index >= 15 is 0 Å². The number of ether oxygens (including phenoxy) is 2. The summed E-state index contributed by atoms with van der Waals surface area (Å²) in [4.78, 5) is 26.3. The molecule has 12 rings (SSSR count). The lowest BCUT2D eigenvalue weighted by Crippen LogP contribution is -2.48. The van der Waals surface area contributed by atoms with Gasteiger partial charge in [0.2, 0.25) is 0 Å². The lowest BCUT2D eigenvalue weighted by Gasteiger charge is -2.43. The number of hydrogen-bond donors (Lipinski definition) is 0. The van der Waals surface area contributed by atoms with Crippen LogP contribution in [-0.2, 0) is 75.8 Å². The summed E-state index contributed by atoms with van der Waals surface area (Å²) >= 11 is 0. The lowest BCUT2D eigenvalue weighted by atomic mass is 9.66. The number of rotatable bonds is 19. The summed E-state index contributed by atoms with van der Waals surface area (Å²) in [5.74, 6) is 0.188. The van der Waals surface area contributed by atoms with E-state index < -0.39 is 67.8 Å². The Morgan fingerprint density at radius 3 is 0.815 bits per heavy atom. The summed E-state index contributed by atoms with van der Waals surface area (Å²) in [7, 11) is -4.40. The molecule has 92 heavy (non-hydrogen) atoms. The molecule has 0 aliphatic carbocycles. The molecule has 466 valence electrons. The zero-order valence-electron chi connectivity index (χ0n) is 53.2. The molecule has 0 unspecified atom stereocenters. The van der Waals surface area contributed by atoms with Crippen LogP contribution in [-0.4, -0.2) is 25.2 Å². The maximum absolute atomic E-state index is 14.5. The van der Waals surface area contributed by atoms with E-state index in [4.69, 9.17) is 36.6 Å². The minimum Gasteiger partial charge on any atom is -0.462 e. The average Bonchev–Trinajstić information content (AvgIpc) is 1.45. The molecule has 2 aliphatic rings. The van der Waals surface area contributed by atoms with Gasteiger partial charge in [-0.2, -0.15) is 0 Å². The van der Waals surface area contributed by atoms with Gasteiger partial charge in [0.1, 0.15) is 24.7 Å². The van der Waals surface area contributed by atoms with Crippen LogP contribution < -0.4 is 9.05 Å². The number of benzene rings is 10. The van der Waals surface area contributed by atoms with E-state index in [1.807, 2.05) is 170 Å². The van der Waals surface area contributed by atoms with Gasteiger partial charge in [0, 0.05) is 23.5 Å². The monoisotopic (exact) mass is 1260 g/mol. The highest BCUT2D eigenvalue weighted by Crippen LogP contribution is 2.72. The van der Waals surface area contributed by atoms with Gasteiger partial charge in [-0.1, -0.05) is 315 Å². The van der Waals surface area contributed by atoms with Crippen molar-refractivity contribution in [2.75, 3.05) is 13.2 Å². The molecule has 2 saturated heterocycles. The fraction of sp³-hybridized carbons (Fsp3) is 0.225. The third kappa shape index (κ3) is 11.8. The molecule has 0 radical (unpaired) electrons. The molecule has 0 aromatic heterocycles. The minimum atomic E-state index is -2.20. The Morgan fingerprint density at radius 1 is 0.348 bits per heavy atom. The molecule has 0 atom stereocenters. The zero-order chi connectivity index (χ0) is 64.2. The van der Waals surface area contributed by atoms with Gasteiger partial charge < -0.3 is 18.5 Å². The molecule has 0 N–H and O–H groups in total. The second kappa shape index (κ2) is 26.2. The summed E-state index contributed by atoms with van der Waals surface area (Å²) in [5.41, 5.74) is 3.39. The van der Waals surface area contributed by atoms with Gasteiger partial charge in [-0.25, -0.2) is 0 Å². The molecular weight excluding hydrogens is 1180 g/mol. The van der Waals surface area contributed by atoms with E-state index in [0.29, 0.717) is 11.5 Å². The average molecular weight is 1260 g/mol. The van der Waals surface area contributed by atoms with Crippen molar-refractivity contribution < 1.29 is 46.2 Å². The van der Waals surface area contributed by atoms with Crippen LogP contribution in [0.25, 0.3) is 0 Å². The van der Waals surface area contributed by atoms with Gasteiger partial charge in [0.25, 0.3) is 0 Å². The molecule has 0 saturated carbocycles. The number of esters is 2. The Kier molecular flexibility index (Phi) is 18.1. The highest BCUT2D eigenvalue weighted by molar-refractivity contribution is 7.42. The van der Waals surface area contributed by atoms with Gasteiger partial charge in [-0.3, -0.25) is 27.7 Å². The van der Waals surface area contributed by atoms with Crippen molar-refractivity contribution in [3.05, 3.63) is 346 Å². The first-order valence-electron chi connectivity index (χ1n) is 31.2. The Labute approximate surface area is 543 Å². The Hall–Kier alpha value is -8.56. The third-order valence-corrected chi connectivity index (χ3v) is 20.0. The number of carbonyl (C=O) groups excluding carboxylic acids is 2. The van der Waals surface area contributed by atoms with E-state index in [0.717, 1.165) is 66.8 Å². The normalized spacial score (nSPS) is 16.1.